The summed E-state index contributed by atoms with van der Waals surface area (Å²) in [6, 6.07) is 21.0. The SMILES string of the molecule is COc1ccccc1C(=CCSc1ccc(OCC(=O)O)c(Cl)c1)c1ccccc1OC. The van der Waals surface area contributed by atoms with Gasteiger partial charge in [0.2, 0.25) is 0 Å². The summed E-state index contributed by atoms with van der Waals surface area (Å²) in [6.45, 7) is -0.434. The van der Waals surface area contributed by atoms with Crippen LogP contribution in [0.2, 0.25) is 5.02 Å². The molecule has 0 spiro atoms. The molecule has 7 heteroatoms. The van der Waals surface area contributed by atoms with Crippen LogP contribution in [0.4, 0.5) is 0 Å². The maximum absolute atomic E-state index is 10.7. The van der Waals surface area contributed by atoms with Crippen LogP contribution in [0.5, 0.6) is 17.2 Å². The Morgan fingerprint density at radius 1 is 0.938 bits per heavy atom. The van der Waals surface area contributed by atoms with Gasteiger partial charge in [-0.2, -0.15) is 0 Å². The topological polar surface area (TPSA) is 65.0 Å². The van der Waals surface area contributed by atoms with Crippen LogP contribution in [0, 0.1) is 0 Å². The third-order valence-corrected chi connectivity index (χ3v) is 5.80. The van der Waals surface area contributed by atoms with E-state index in [4.69, 9.17) is 30.9 Å². The maximum Gasteiger partial charge on any atom is 0.341 e. The van der Waals surface area contributed by atoms with Crippen LogP contribution in [-0.4, -0.2) is 37.7 Å². The van der Waals surface area contributed by atoms with Gasteiger partial charge < -0.3 is 19.3 Å². The zero-order chi connectivity index (χ0) is 22.9. The molecule has 32 heavy (non-hydrogen) atoms. The van der Waals surface area contributed by atoms with Gasteiger partial charge in [0, 0.05) is 21.8 Å². The number of hydrogen-bond donors (Lipinski definition) is 1. The Balaban J connectivity index is 1.87. The highest BCUT2D eigenvalue weighted by atomic mass is 35.5. The number of rotatable bonds is 10. The molecule has 0 aliphatic carbocycles. The number of ether oxygens (including phenoxy) is 3. The Bertz CT molecular complexity index is 1060. The fourth-order valence-corrected chi connectivity index (χ4v) is 4.26. The van der Waals surface area contributed by atoms with Gasteiger partial charge >= 0.3 is 5.97 Å². The van der Waals surface area contributed by atoms with E-state index in [1.807, 2.05) is 54.6 Å². The van der Waals surface area contributed by atoms with Crippen molar-refractivity contribution in [2.45, 2.75) is 4.90 Å². The zero-order valence-corrected chi connectivity index (χ0v) is 19.3. The van der Waals surface area contributed by atoms with Gasteiger partial charge in [-0.1, -0.05) is 54.1 Å². The maximum atomic E-state index is 10.7. The predicted molar refractivity (Wildman–Crippen MR) is 128 cm³/mol. The number of aliphatic carboxylic acids is 1. The molecule has 0 aliphatic rings. The minimum absolute atomic E-state index is 0.345. The minimum Gasteiger partial charge on any atom is -0.496 e. The monoisotopic (exact) mass is 470 g/mol. The third kappa shape index (κ3) is 5.99. The summed E-state index contributed by atoms with van der Waals surface area (Å²) in [5.74, 6) is 1.51. The van der Waals surface area contributed by atoms with Crippen LogP contribution < -0.4 is 14.2 Å². The van der Waals surface area contributed by atoms with Gasteiger partial charge in [-0.05, 0) is 35.9 Å². The quantitative estimate of drug-likeness (QED) is 0.364. The van der Waals surface area contributed by atoms with Crippen molar-refractivity contribution in [1.29, 1.82) is 0 Å². The number of carboxylic acids is 1. The summed E-state index contributed by atoms with van der Waals surface area (Å²) >= 11 is 7.84. The molecule has 0 aromatic heterocycles. The molecule has 3 aromatic rings. The van der Waals surface area contributed by atoms with E-state index in [1.165, 1.54) is 0 Å². The molecule has 166 valence electrons. The first kappa shape index (κ1) is 23.6. The van der Waals surface area contributed by atoms with Gasteiger partial charge in [0.15, 0.2) is 6.61 Å². The molecule has 0 saturated carbocycles. The van der Waals surface area contributed by atoms with Crippen molar-refractivity contribution >= 4 is 34.9 Å². The van der Waals surface area contributed by atoms with Crippen LogP contribution in [0.1, 0.15) is 11.1 Å². The Hall–Kier alpha value is -3.09. The fourth-order valence-electron chi connectivity index (χ4n) is 3.15. The normalized spacial score (nSPS) is 10.3. The van der Waals surface area contributed by atoms with Gasteiger partial charge in [0.25, 0.3) is 0 Å². The Morgan fingerprint density at radius 3 is 2.06 bits per heavy atom. The van der Waals surface area contributed by atoms with E-state index in [0.29, 0.717) is 16.5 Å². The van der Waals surface area contributed by atoms with E-state index < -0.39 is 12.6 Å². The average Bonchev–Trinajstić information content (AvgIpc) is 2.81. The highest BCUT2D eigenvalue weighted by Gasteiger charge is 2.14. The second-order valence-corrected chi connectivity index (χ2v) is 8.10. The smallest absolute Gasteiger partial charge is 0.341 e. The number of halogens is 1. The van der Waals surface area contributed by atoms with E-state index >= 15 is 0 Å². The number of thioether (sulfide) groups is 1. The van der Waals surface area contributed by atoms with E-state index in [9.17, 15) is 4.79 Å². The number of para-hydroxylation sites is 2. The molecular formula is C25H23ClO5S. The molecule has 3 rings (SSSR count). The molecule has 0 bridgehead atoms. The standard InChI is InChI=1S/C25H23ClO5S/c1-29-22-9-5-3-7-19(22)18(20-8-4-6-10-23(20)30-2)13-14-32-17-11-12-24(21(26)15-17)31-16-25(27)28/h3-13,15H,14,16H2,1-2H3,(H,27,28). The zero-order valence-electron chi connectivity index (χ0n) is 17.7. The van der Waals surface area contributed by atoms with Crippen molar-refractivity contribution < 1.29 is 24.1 Å². The number of methoxy groups -OCH3 is 2. The van der Waals surface area contributed by atoms with E-state index in [-0.39, 0.29) is 0 Å². The second kappa shape index (κ2) is 11.5. The molecule has 3 aromatic carbocycles. The van der Waals surface area contributed by atoms with Crippen molar-refractivity contribution in [3.8, 4) is 17.2 Å². The van der Waals surface area contributed by atoms with Gasteiger partial charge in [-0.3, -0.25) is 0 Å². The fraction of sp³-hybridized carbons (Fsp3) is 0.160. The van der Waals surface area contributed by atoms with E-state index in [1.54, 1.807) is 38.1 Å². The number of carboxylic acid groups (broad SMARTS) is 1. The first-order chi connectivity index (χ1) is 15.5. The van der Waals surface area contributed by atoms with Gasteiger partial charge in [0.05, 0.1) is 19.2 Å². The summed E-state index contributed by atoms with van der Waals surface area (Å²) in [5, 5.41) is 9.12. The molecule has 0 amide bonds. The van der Waals surface area contributed by atoms with Crippen LogP contribution in [0.3, 0.4) is 0 Å². The molecule has 0 heterocycles. The summed E-state index contributed by atoms with van der Waals surface area (Å²) in [4.78, 5) is 11.6. The Labute approximate surface area is 196 Å². The first-order valence-corrected chi connectivity index (χ1v) is 11.1. The molecule has 1 N–H and O–H groups in total. The predicted octanol–water partition coefficient (Wildman–Crippen LogP) is 6.04. The van der Waals surface area contributed by atoms with Crippen LogP contribution in [0.25, 0.3) is 5.57 Å². The molecule has 5 nitrogen and oxygen atoms in total. The Morgan fingerprint density at radius 2 is 1.53 bits per heavy atom. The van der Waals surface area contributed by atoms with Crippen LogP contribution in [-0.2, 0) is 4.79 Å². The van der Waals surface area contributed by atoms with Gasteiger partial charge in [-0.15, -0.1) is 11.8 Å². The largest absolute Gasteiger partial charge is 0.496 e. The lowest BCUT2D eigenvalue weighted by atomic mass is 9.96. The number of carbonyl (C=O) groups is 1. The van der Waals surface area contributed by atoms with Crippen molar-refractivity contribution in [2.75, 3.05) is 26.6 Å². The number of benzene rings is 3. The van der Waals surface area contributed by atoms with Crippen molar-refractivity contribution in [2.24, 2.45) is 0 Å². The van der Waals surface area contributed by atoms with Crippen molar-refractivity contribution in [3.63, 3.8) is 0 Å². The number of hydrogen-bond acceptors (Lipinski definition) is 5. The van der Waals surface area contributed by atoms with Crippen LogP contribution >= 0.6 is 23.4 Å². The van der Waals surface area contributed by atoms with Crippen LogP contribution in [0.15, 0.2) is 77.7 Å². The molecular weight excluding hydrogens is 448 g/mol. The Kier molecular flexibility index (Phi) is 8.48. The summed E-state index contributed by atoms with van der Waals surface area (Å²) in [5.41, 5.74) is 2.94. The second-order valence-electron chi connectivity index (χ2n) is 6.60. The molecule has 0 unspecified atom stereocenters. The molecule has 0 fully saturated rings. The van der Waals surface area contributed by atoms with E-state index in [2.05, 4.69) is 6.08 Å². The lowest BCUT2D eigenvalue weighted by Crippen LogP contribution is -2.09. The molecule has 0 radical (unpaired) electrons. The highest BCUT2D eigenvalue weighted by molar-refractivity contribution is 7.99. The first-order valence-electron chi connectivity index (χ1n) is 9.77. The highest BCUT2D eigenvalue weighted by Crippen LogP contribution is 2.37. The van der Waals surface area contributed by atoms with Gasteiger partial charge in [0.1, 0.15) is 17.2 Å². The van der Waals surface area contributed by atoms with Crippen molar-refractivity contribution in [1.82, 2.24) is 0 Å². The average molecular weight is 471 g/mol. The summed E-state index contributed by atoms with van der Waals surface area (Å²) in [6.07, 6.45) is 2.13. The lowest BCUT2D eigenvalue weighted by molar-refractivity contribution is -0.139. The molecule has 0 aliphatic heterocycles. The summed E-state index contributed by atoms with van der Waals surface area (Å²) in [7, 11) is 3.31. The molecule has 0 atom stereocenters. The third-order valence-electron chi connectivity index (χ3n) is 4.59. The summed E-state index contributed by atoms with van der Waals surface area (Å²) < 4.78 is 16.4. The van der Waals surface area contributed by atoms with Gasteiger partial charge in [-0.25, -0.2) is 4.79 Å². The molecule has 0 saturated heterocycles. The van der Waals surface area contributed by atoms with Crippen molar-refractivity contribution in [3.05, 3.63) is 89.0 Å². The minimum atomic E-state index is -1.05. The van der Waals surface area contributed by atoms with E-state index in [0.717, 1.165) is 33.1 Å². The lowest BCUT2D eigenvalue weighted by Gasteiger charge is -2.15.